The Balaban J connectivity index is 2.00. The fourth-order valence-corrected chi connectivity index (χ4v) is 6.18. The number of sulfone groups is 1. The fraction of sp³-hybridized carbons (Fsp3) is 0.150. The molecule has 2 aliphatic heterocycles. The van der Waals surface area contributed by atoms with Gasteiger partial charge in [-0.05, 0) is 64.6 Å². The molecule has 2 heterocycles. The zero-order chi connectivity index (χ0) is 20.1. The number of anilines is 1. The fourth-order valence-electron chi connectivity index (χ4n) is 3.77. The highest BCUT2D eigenvalue weighted by molar-refractivity contribution is 14.1. The van der Waals surface area contributed by atoms with Crippen molar-refractivity contribution >= 4 is 38.1 Å². The third-order valence-corrected chi connectivity index (χ3v) is 7.51. The molecule has 0 radical (unpaired) electrons. The first kappa shape index (κ1) is 19.0. The molecule has 2 aromatic carbocycles. The molecule has 4 rings (SSSR count). The summed E-state index contributed by atoms with van der Waals surface area (Å²) < 4.78 is 40.2. The maximum Gasteiger partial charge on any atom is 0.177 e. The highest BCUT2D eigenvalue weighted by Crippen LogP contribution is 2.48. The van der Waals surface area contributed by atoms with Crippen molar-refractivity contribution in [3.63, 3.8) is 0 Å². The molecular weight excluding hydrogens is 492 g/mol. The predicted molar refractivity (Wildman–Crippen MR) is 113 cm³/mol. The first-order valence-electron chi connectivity index (χ1n) is 8.50. The number of hydrogen-bond acceptors (Lipinski definition) is 5. The molecule has 0 saturated heterocycles. The minimum absolute atomic E-state index is 0.0399. The van der Waals surface area contributed by atoms with Gasteiger partial charge in [0.1, 0.15) is 11.6 Å². The molecule has 0 amide bonds. The van der Waals surface area contributed by atoms with Gasteiger partial charge in [0.25, 0.3) is 0 Å². The standard InChI is InChI=1S/C20H15FIN3O2S/c21-13-4-6-15(7-5-13)25-17-8-9-28(26,27)19(17)18(16(11-23)20(25)24)12-2-1-3-14(22)10-12/h1-7,10,18H,8-9,24H2/t18-/m1/s1. The zero-order valence-corrected chi connectivity index (χ0v) is 17.5. The molecule has 2 N–H and O–H groups in total. The third-order valence-electron chi connectivity index (χ3n) is 4.95. The Labute approximate surface area is 176 Å². The molecule has 2 aromatic rings. The summed E-state index contributed by atoms with van der Waals surface area (Å²) in [7, 11) is -3.55. The van der Waals surface area contributed by atoms with E-state index >= 15 is 0 Å². The van der Waals surface area contributed by atoms with E-state index in [1.807, 2.05) is 24.3 Å². The van der Waals surface area contributed by atoms with Crippen LogP contribution in [0.4, 0.5) is 10.1 Å². The van der Waals surface area contributed by atoms with Crippen molar-refractivity contribution < 1.29 is 12.8 Å². The van der Waals surface area contributed by atoms with Crippen LogP contribution in [0.5, 0.6) is 0 Å². The van der Waals surface area contributed by atoms with Crippen LogP contribution in [0.15, 0.2) is 70.5 Å². The lowest BCUT2D eigenvalue weighted by atomic mass is 9.87. The summed E-state index contributed by atoms with van der Waals surface area (Å²) in [4.78, 5) is 1.78. The average molecular weight is 507 g/mol. The van der Waals surface area contributed by atoms with Crippen LogP contribution in [0.3, 0.4) is 0 Å². The smallest absolute Gasteiger partial charge is 0.177 e. The molecule has 1 atom stereocenters. The first-order valence-corrected chi connectivity index (χ1v) is 11.2. The number of halogens is 2. The highest BCUT2D eigenvalue weighted by atomic mass is 127. The number of nitriles is 1. The van der Waals surface area contributed by atoms with Gasteiger partial charge in [0.15, 0.2) is 9.84 Å². The van der Waals surface area contributed by atoms with Gasteiger partial charge in [-0.3, -0.25) is 4.90 Å². The molecule has 8 heteroatoms. The second-order valence-electron chi connectivity index (χ2n) is 6.59. The Bertz CT molecular complexity index is 1180. The van der Waals surface area contributed by atoms with E-state index in [4.69, 9.17) is 5.73 Å². The highest BCUT2D eigenvalue weighted by Gasteiger charge is 2.45. The van der Waals surface area contributed by atoms with Crippen LogP contribution in [0, 0.1) is 20.7 Å². The van der Waals surface area contributed by atoms with E-state index in [1.54, 1.807) is 4.90 Å². The Morgan fingerprint density at radius 1 is 1.21 bits per heavy atom. The molecular formula is C20H15FIN3O2S. The quantitative estimate of drug-likeness (QED) is 0.626. The molecule has 0 aromatic heterocycles. The monoisotopic (exact) mass is 507 g/mol. The van der Waals surface area contributed by atoms with Crippen LogP contribution < -0.4 is 10.6 Å². The van der Waals surface area contributed by atoms with Gasteiger partial charge in [-0.15, -0.1) is 0 Å². The maximum atomic E-state index is 13.4. The van der Waals surface area contributed by atoms with Gasteiger partial charge in [0, 0.05) is 21.4 Å². The van der Waals surface area contributed by atoms with E-state index in [1.165, 1.54) is 24.3 Å². The molecule has 28 heavy (non-hydrogen) atoms. The van der Waals surface area contributed by atoms with Crippen molar-refractivity contribution in [2.24, 2.45) is 5.73 Å². The van der Waals surface area contributed by atoms with Crippen LogP contribution in [-0.2, 0) is 9.84 Å². The van der Waals surface area contributed by atoms with Crippen molar-refractivity contribution in [2.75, 3.05) is 10.7 Å². The van der Waals surface area contributed by atoms with Gasteiger partial charge in [-0.25, -0.2) is 12.8 Å². The molecule has 5 nitrogen and oxygen atoms in total. The molecule has 0 aliphatic carbocycles. The van der Waals surface area contributed by atoms with E-state index < -0.39 is 21.6 Å². The van der Waals surface area contributed by atoms with Gasteiger partial charge < -0.3 is 5.73 Å². The maximum absolute atomic E-state index is 13.4. The number of benzene rings is 2. The Morgan fingerprint density at radius 2 is 1.93 bits per heavy atom. The first-order chi connectivity index (χ1) is 13.3. The molecule has 2 aliphatic rings. The summed E-state index contributed by atoms with van der Waals surface area (Å²) >= 11 is 2.15. The van der Waals surface area contributed by atoms with Crippen molar-refractivity contribution in [1.82, 2.24) is 0 Å². The minimum Gasteiger partial charge on any atom is -0.384 e. The lowest BCUT2D eigenvalue weighted by molar-refractivity contribution is 0.602. The summed E-state index contributed by atoms with van der Waals surface area (Å²) in [5.74, 6) is -1.01. The van der Waals surface area contributed by atoms with E-state index in [2.05, 4.69) is 28.7 Å². The molecule has 0 unspecified atom stereocenters. The second kappa shape index (κ2) is 6.90. The third kappa shape index (κ3) is 2.99. The Hall–Kier alpha value is -2.38. The van der Waals surface area contributed by atoms with E-state index in [-0.39, 0.29) is 28.5 Å². The molecule has 0 spiro atoms. The number of nitrogens with zero attached hydrogens (tertiary/aromatic N) is 2. The number of rotatable bonds is 2. The van der Waals surface area contributed by atoms with Crippen molar-refractivity contribution in [3.8, 4) is 6.07 Å². The summed E-state index contributed by atoms with van der Waals surface area (Å²) in [5.41, 5.74) is 8.33. The van der Waals surface area contributed by atoms with E-state index in [0.717, 1.165) is 3.57 Å². The van der Waals surface area contributed by atoms with Gasteiger partial charge in [-0.1, -0.05) is 12.1 Å². The van der Waals surface area contributed by atoms with Crippen molar-refractivity contribution in [3.05, 3.63) is 85.5 Å². The summed E-state index contributed by atoms with van der Waals surface area (Å²) in [6.45, 7) is 0. The zero-order valence-electron chi connectivity index (χ0n) is 14.6. The van der Waals surface area contributed by atoms with Crippen molar-refractivity contribution in [2.45, 2.75) is 12.3 Å². The Kier molecular flexibility index (Phi) is 4.67. The minimum atomic E-state index is -3.55. The summed E-state index contributed by atoms with van der Waals surface area (Å²) in [6.07, 6.45) is 0.287. The second-order valence-corrected chi connectivity index (χ2v) is 9.91. The van der Waals surface area contributed by atoms with Crippen LogP contribution in [0.1, 0.15) is 17.9 Å². The normalized spacial score (nSPS) is 20.9. The largest absolute Gasteiger partial charge is 0.384 e. The van der Waals surface area contributed by atoms with Crippen molar-refractivity contribution in [1.29, 1.82) is 5.26 Å². The Morgan fingerprint density at radius 3 is 2.57 bits per heavy atom. The molecule has 0 fully saturated rings. The van der Waals surface area contributed by atoms with E-state index in [0.29, 0.717) is 16.9 Å². The van der Waals surface area contributed by atoms with Crippen LogP contribution in [0.2, 0.25) is 0 Å². The molecule has 0 saturated carbocycles. The summed E-state index contributed by atoms with van der Waals surface area (Å²) in [6, 6.07) is 15.1. The van der Waals surface area contributed by atoms with Crippen LogP contribution in [0.25, 0.3) is 0 Å². The van der Waals surface area contributed by atoms with Gasteiger partial charge in [0.2, 0.25) is 0 Å². The lowest BCUT2D eigenvalue weighted by Gasteiger charge is -2.35. The topological polar surface area (TPSA) is 87.2 Å². The van der Waals surface area contributed by atoms with Gasteiger partial charge in [0.05, 0.1) is 28.2 Å². The number of allylic oxidation sites excluding steroid dienone is 3. The predicted octanol–water partition coefficient (Wildman–Crippen LogP) is 3.76. The summed E-state index contributed by atoms with van der Waals surface area (Å²) in [5, 5.41) is 9.87. The number of nitrogens with two attached hydrogens (primary N) is 1. The SMILES string of the molecule is N#CC1=C(N)N(c2ccc(F)cc2)C2=C([C@@H]1c1cccc(I)c1)S(=O)(=O)CC2. The molecule has 142 valence electrons. The molecule has 0 bridgehead atoms. The van der Waals surface area contributed by atoms with Crippen LogP contribution in [-0.4, -0.2) is 14.2 Å². The van der Waals surface area contributed by atoms with Crippen LogP contribution >= 0.6 is 22.6 Å². The average Bonchev–Trinajstić information content (AvgIpc) is 2.97. The number of hydrogen-bond donors (Lipinski definition) is 1. The van der Waals surface area contributed by atoms with Gasteiger partial charge >= 0.3 is 0 Å². The lowest BCUT2D eigenvalue weighted by Crippen LogP contribution is -2.34. The van der Waals surface area contributed by atoms with E-state index in [9.17, 15) is 18.1 Å². The van der Waals surface area contributed by atoms with Gasteiger partial charge in [-0.2, -0.15) is 5.26 Å².